The summed E-state index contributed by atoms with van der Waals surface area (Å²) in [5, 5.41) is 40.2. The molecule has 0 radical (unpaired) electrons. The van der Waals surface area contributed by atoms with E-state index < -0.39 is 37.6 Å². The zero-order valence-corrected chi connectivity index (χ0v) is 12.0. The van der Waals surface area contributed by atoms with Crippen LogP contribution in [0.25, 0.3) is 0 Å². The quantitative estimate of drug-likeness (QED) is 0.408. The number of hydrogen-bond donors (Lipinski definition) is 4. The normalized spacial score (nSPS) is 9.60. The molecule has 0 fully saturated rings. The van der Waals surface area contributed by atoms with Crippen LogP contribution in [0.3, 0.4) is 0 Å². The fraction of sp³-hybridized carbons (Fsp3) is 0. The number of rotatable bonds is 3. The Hall–Kier alpha value is -4.37. The predicted octanol–water partition coefficient (Wildman–Crippen LogP) is -0.265. The van der Waals surface area contributed by atoms with Crippen LogP contribution >= 0.6 is 0 Å². The van der Waals surface area contributed by atoms with Crippen molar-refractivity contribution in [2.24, 2.45) is 0 Å². The Kier molecular flexibility index (Phi) is 5.43. The van der Waals surface area contributed by atoms with Crippen molar-refractivity contribution in [3.63, 3.8) is 0 Å². The standard InChI is InChI=1S/C6H3N3O7.C3H6N6/c10-6-4(8(13)14)1-3(7(11)12)2-5(6)9(15)16;4-1-7-2(5)9-3(6)8-1/h1-2,10H;(H6,4,5,6,7,8,9). The highest BCUT2D eigenvalue weighted by atomic mass is 16.6. The first kappa shape index (κ1) is 18.7. The maximum atomic E-state index is 10.4. The molecule has 0 aliphatic heterocycles. The second-order valence-corrected chi connectivity index (χ2v) is 4.01. The van der Waals surface area contributed by atoms with Gasteiger partial charge in [0.1, 0.15) is 0 Å². The van der Waals surface area contributed by atoms with Crippen molar-refractivity contribution in [2.75, 3.05) is 17.2 Å². The molecule has 0 unspecified atom stereocenters. The molecule has 0 bridgehead atoms. The number of nitro groups is 3. The van der Waals surface area contributed by atoms with Gasteiger partial charge in [0.05, 0.1) is 26.9 Å². The lowest BCUT2D eigenvalue weighted by Crippen LogP contribution is -2.05. The number of hydrogen-bond acceptors (Lipinski definition) is 13. The Morgan fingerprint density at radius 1 is 0.760 bits per heavy atom. The molecule has 7 N–H and O–H groups in total. The number of phenols is 1. The lowest BCUT2D eigenvalue weighted by molar-refractivity contribution is -0.404. The van der Waals surface area contributed by atoms with E-state index in [0.717, 1.165) is 0 Å². The maximum absolute atomic E-state index is 10.4. The molecule has 0 saturated carbocycles. The molecule has 0 aliphatic rings. The van der Waals surface area contributed by atoms with E-state index >= 15 is 0 Å². The van der Waals surface area contributed by atoms with Gasteiger partial charge in [0, 0.05) is 0 Å². The van der Waals surface area contributed by atoms with Gasteiger partial charge in [-0.05, 0) is 0 Å². The second-order valence-electron chi connectivity index (χ2n) is 4.01. The van der Waals surface area contributed by atoms with Gasteiger partial charge >= 0.3 is 11.4 Å². The number of nitro benzene ring substituents is 3. The summed E-state index contributed by atoms with van der Waals surface area (Å²) in [6.45, 7) is 0. The van der Waals surface area contributed by atoms with Crippen LogP contribution < -0.4 is 17.2 Å². The SMILES string of the molecule is Nc1nc(N)nc(N)n1.O=[N+]([O-])c1cc([N+](=O)[O-])c(O)c([N+](=O)[O-])c1. The summed E-state index contributed by atoms with van der Waals surface area (Å²) < 4.78 is 0. The van der Waals surface area contributed by atoms with E-state index in [2.05, 4.69) is 15.0 Å². The zero-order chi connectivity index (χ0) is 19.3. The summed E-state index contributed by atoms with van der Waals surface area (Å²) in [6.07, 6.45) is 0. The van der Waals surface area contributed by atoms with Crippen LogP contribution in [0.1, 0.15) is 0 Å². The van der Waals surface area contributed by atoms with Gasteiger partial charge in [0.2, 0.25) is 17.8 Å². The van der Waals surface area contributed by atoms with Crippen LogP contribution in [0.2, 0.25) is 0 Å². The first-order valence-electron chi connectivity index (χ1n) is 5.85. The number of nitrogen functional groups attached to an aromatic ring is 3. The van der Waals surface area contributed by atoms with Gasteiger partial charge < -0.3 is 22.3 Å². The van der Waals surface area contributed by atoms with Gasteiger partial charge in [-0.1, -0.05) is 0 Å². The fourth-order valence-electron chi connectivity index (χ4n) is 1.40. The molecule has 25 heavy (non-hydrogen) atoms. The van der Waals surface area contributed by atoms with Crippen LogP contribution in [0.5, 0.6) is 5.75 Å². The molecule has 1 aromatic carbocycles. The van der Waals surface area contributed by atoms with Gasteiger partial charge in [-0.2, -0.15) is 15.0 Å². The highest BCUT2D eigenvalue weighted by molar-refractivity contribution is 5.64. The number of phenolic OH excluding ortho intramolecular Hbond substituents is 1. The average molecular weight is 355 g/mol. The van der Waals surface area contributed by atoms with E-state index in [-0.39, 0.29) is 17.8 Å². The summed E-state index contributed by atoms with van der Waals surface area (Å²) in [5.74, 6) is -1.08. The maximum Gasteiger partial charge on any atom is 0.324 e. The Bertz CT molecular complexity index is 770. The molecule has 0 aliphatic carbocycles. The summed E-state index contributed by atoms with van der Waals surface area (Å²) in [5.41, 5.74) is 12.4. The minimum Gasteiger partial charge on any atom is -0.497 e. The van der Waals surface area contributed by atoms with Crippen LogP contribution in [0.4, 0.5) is 34.9 Å². The topological polar surface area (TPSA) is 266 Å². The molecule has 2 rings (SSSR count). The summed E-state index contributed by atoms with van der Waals surface area (Å²) in [7, 11) is 0. The number of aromatic hydroxyl groups is 1. The molecule has 2 aromatic rings. The molecule has 1 aromatic heterocycles. The van der Waals surface area contributed by atoms with E-state index in [1.807, 2.05) is 0 Å². The summed E-state index contributed by atoms with van der Waals surface area (Å²) in [6, 6.07) is 0.894. The van der Waals surface area contributed by atoms with Crippen molar-refractivity contribution < 1.29 is 19.9 Å². The fourth-order valence-corrected chi connectivity index (χ4v) is 1.40. The van der Waals surface area contributed by atoms with Crippen LogP contribution in [-0.4, -0.2) is 34.8 Å². The molecular formula is C9H9N9O7. The molecule has 132 valence electrons. The molecule has 1 heterocycles. The molecule has 0 spiro atoms. The average Bonchev–Trinajstić information content (AvgIpc) is 2.45. The zero-order valence-electron chi connectivity index (χ0n) is 12.0. The number of benzene rings is 1. The van der Waals surface area contributed by atoms with Crippen molar-refractivity contribution in [2.45, 2.75) is 0 Å². The van der Waals surface area contributed by atoms with Gasteiger partial charge in [0.15, 0.2) is 0 Å². The Balaban J connectivity index is 0.000000293. The van der Waals surface area contributed by atoms with Crippen molar-refractivity contribution in [3.05, 3.63) is 42.5 Å². The molecule has 0 atom stereocenters. The first-order chi connectivity index (χ1) is 11.5. The van der Waals surface area contributed by atoms with Gasteiger partial charge in [-0.25, -0.2) is 0 Å². The Morgan fingerprint density at radius 3 is 1.32 bits per heavy atom. The third-order valence-electron chi connectivity index (χ3n) is 2.35. The number of anilines is 3. The van der Waals surface area contributed by atoms with E-state index in [4.69, 9.17) is 22.3 Å². The smallest absolute Gasteiger partial charge is 0.324 e. The van der Waals surface area contributed by atoms with Crippen molar-refractivity contribution in [3.8, 4) is 5.75 Å². The molecule has 0 amide bonds. The van der Waals surface area contributed by atoms with E-state index in [1.165, 1.54) is 0 Å². The highest BCUT2D eigenvalue weighted by Crippen LogP contribution is 2.38. The minimum atomic E-state index is -1.21. The molecule has 0 saturated heterocycles. The number of nitrogens with two attached hydrogens (primary N) is 3. The van der Waals surface area contributed by atoms with E-state index in [0.29, 0.717) is 12.1 Å². The molecule has 16 nitrogen and oxygen atoms in total. The second kappa shape index (κ2) is 7.26. The molecular weight excluding hydrogens is 346 g/mol. The lowest BCUT2D eigenvalue weighted by atomic mass is 10.2. The van der Waals surface area contributed by atoms with Gasteiger partial charge in [0.25, 0.3) is 11.4 Å². The summed E-state index contributed by atoms with van der Waals surface area (Å²) >= 11 is 0. The van der Waals surface area contributed by atoms with Crippen LogP contribution in [0.15, 0.2) is 12.1 Å². The minimum absolute atomic E-state index is 0.0417. The van der Waals surface area contributed by atoms with E-state index in [1.54, 1.807) is 0 Å². The Morgan fingerprint density at radius 2 is 1.08 bits per heavy atom. The van der Waals surface area contributed by atoms with Gasteiger partial charge in [-0.15, -0.1) is 0 Å². The highest BCUT2D eigenvalue weighted by Gasteiger charge is 2.30. The van der Waals surface area contributed by atoms with E-state index in [9.17, 15) is 30.3 Å². The number of nitrogens with zero attached hydrogens (tertiary/aromatic N) is 6. The monoisotopic (exact) mass is 355 g/mol. The van der Waals surface area contributed by atoms with Crippen LogP contribution in [0, 0.1) is 30.3 Å². The predicted molar refractivity (Wildman–Crippen MR) is 81.1 cm³/mol. The number of non-ortho nitro benzene ring substituents is 1. The van der Waals surface area contributed by atoms with Crippen molar-refractivity contribution >= 4 is 34.9 Å². The number of aromatic nitrogens is 3. The largest absolute Gasteiger partial charge is 0.497 e. The van der Waals surface area contributed by atoms with Gasteiger partial charge in [-0.3, -0.25) is 30.3 Å². The van der Waals surface area contributed by atoms with Crippen molar-refractivity contribution in [1.82, 2.24) is 15.0 Å². The molecule has 16 heteroatoms. The van der Waals surface area contributed by atoms with Crippen molar-refractivity contribution in [1.29, 1.82) is 0 Å². The lowest BCUT2D eigenvalue weighted by Gasteiger charge is -1.97. The van der Waals surface area contributed by atoms with Crippen LogP contribution in [-0.2, 0) is 0 Å². The summed E-state index contributed by atoms with van der Waals surface area (Å²) in [4.78, 5) is 38.2. The third kappa shape index (κ3) is 4.81. The Labute approximate surface area is 136 Å². The first-order valence-corrected chi connectivity index (χ1v) is 5.85. The third-order valence-corrected chi connectivity index (χ3v) is 2.35.